The second-order valence-electron chi connectivity index (χ2n) is 4.85. The lowest BCUT2D eigenvalue weighted by Crippen LogP contribution is -2.49. The van der Waals surface area contributed by atoms with Crippen LogP contribution in [0.2, 0.25) is 0 Å². The van der Waals surface area contributed by atoms with Crippen LogP contribution in [0.1, 0.15) is 39.0 Å². The molecule has 3 nitrogen and oxygen atoms in total. The van der Waals surface area contributed by atoms with Crippen molar-refractivity contribution in [3.63, 3.8) is 0 Å². The van der Waals surface area contributed by atoms with E-state index in [4.69, 9.17) is 10.5 Å². The van der Waals surface area contributed by atoms with E-state index >= 15 is 0 Å². The minimum atomic E-state index is 0.626. The fourth-order valence-corrected chi connectivity index (χ4v) is 2.87. The summed E-state index contributed by atoms with van der Waals surface area (Å²) in [4.78, 5) is 2.60. The van der Waals surface area contributed by atoms with E-state index in [9.17, 15) is 0 Å². The van der Waals surface area contributed by atoms with Crippen LogP contribution in [0, 0.1) is 5.92 Å². The highest BCUT2D eigenvalue weighted by Gasteiger charge is 2.28. The third-order valence-electron chi connectivity index (χ3n) is 3.84. The van der Waals surface area contributed by atoms with Crippen molar-refractivity contribution >= 4 is 0 Å². The molecule has 0 bridgehead atoms. The van der Waals surface area contributed by atoms with E-state index in [-0.39, 0.29) is 0 Å². The summed E-state index contributed by atoms with van der Waals surface area (Å²) < 4.78 is 5.08. The molecule has 1 saturated heterocycles. The summed E-state index contributed by atoms with van der Waals surface area (Å²) in [6.45, 7) is 6.44. The second kappa shape index (κ2) is 8.04. The highest BCUT2D eigenvalue weighted by atomic mass is 16.5. The van der Waals surface area contributed by atoms with Crippen molar-refractivity contribution < 1.29 is 4.74 Å². The highest BCUT2D eigenvalue weighted by molar-refractivity contribution is 4.84. The van der Waals surface area contributed by atoms with Crippen LogP contribution >= 0.6 is 0 Å². The van der Waals surface area contributed by atoms with Gasteiger partial charge in [-0.05, 0) is 44.7 Å². The van der Waals surface area contributed by atoms with Crippen LogP contribution < -0.4 is 5.73 Å². The summed E-state index contributed by atoms with van der Waals surface area (Å²) in [5.74, 6) is 0.821. The number of likely N-dealkylation sites (tertiary alicyclic amines) is 1. The number of unbranched alkanes of at least 4 members (excludes halogenated alkanes) is 1. The van der Waals surface area contributed by atoms with E-state index in [1.165, 1.54) is 45.2 Å². The normalized spacial score (nSPS) is 27.2. The molecule has 1 fully saturated rings. The molecule has 0 radical (unpaired) electrons. The van der Waals surface area contributed by atoms with Crippen molar-refractivity contribution in [2.45, 2.75) is 45.1 Å². The molecular weight excluding hydrogens is 200 g/mol. The Kier molecular flexibility index (Phi) is 7.01. The first-order valence-electron chi connectivity index (χ1n) is 6.76. The number of nitrogens with zero attached hydrogens (tertiary/aromatic N) is 1. The minimum Gasteiger partial charge on any atom is -0.385 e. The summed E-state index contributed by atoms with van der Waals surface area (Å²) in [5.41, 5.74) is 5.92. The van der Waals surface area contributed by atoms with Gasteiger partial charge in [-0.1, -0.05) is 13.3 Å². The van der Waals surface area contributed by atoms with Crippen LogP contribution in [0.15, 0.2) is 0 Å². The Hall–Kier alpha value is -0.120. The number of hydrogen-bond donors (Lipinski definition) is 1. The third-order valence-corrected chi connectivity index (χ3v) is 3.84. The molecule has 1 heterocycles. The summed E-state index contributed by atoms with van der Waals surface area (Å²) in [6.07, 6.45) is 6.39. The Bertz CT molecular complexity index is 175. The number of hydrogen-bond acceptors (Lipinski definition) is 3. The fraction of sp³-hybridized carbons (Fsp3) is 1.00. The Morgan fingerprint density at radius 2 is 2.19 bits per heavy atom. The Labute approximate surface area is 100 Å². The smallest absolute Gasteiger partial charge is 0.0462 e. The van der Waals surface area contributed by atoms with Crippen LogP contribution in [0.3, 0.4) is 0 Å². The maximum absolute atomic E-state index is 5.92. The van der Waals surface area contributed by atoms with Crippen molar-refractivity contribution in [2.24, 2.45) is 11.7 Å². The fourth-order valence-electron chi connectivity index (χ4n) is 2.87. The van der Waals surface area contributed by atoms with Crippen molar-refractivity contribution in [3.8, 4) is 0 Å². The molecule has 0 aromatic heterocycles. The van der Waals surface area contributed by atoms with Gasteiger partial charge in [0.15, 0.2) is 0 Å². The quantitative estimate of drug-likeness (QED) is 0.676. The number of nitrogens with two attached hydrogens (primary N) is 1. The summed E-state index contributed by atoms with van der Waals surface area (Å²) >= 11 is 0. The molecule has 0 aliphatic carbocycles. The van der Waals surface area contributed by atoms with Crippen molar-refractivity contribution in [3.05, 3.63) is 0 Å². The molecule has 2 unspecified atom stereocenters. The lowest BCUT2D eigenvalue weighted by Gasteiger charge is -2.40. The van der Waals surface area contributed by atoms with E-state index < -0.39 is 0 Å². The molecule has 0 aromatic rings. The molecule has 0 saturated carbocycles. The van der Waals surface area contributed by atoms with Gasteiger partial charge >= 0.3 is 0 Å². The van der Waals surface area contributed by atoms with Crippen molar-refractivity contribution in [1.82, 2.24) is 4.90 Å². The van der Waals surface area contributed by atoms with Crippen molar-refractivity contribution in [1.29, 1.82) is 0 Å². The van der Waals surface area contributed by atoms with Gasteiger partial charge in [-0.3, -0.25) is 4.90 Å². The van der Waals surface area contributed by atoms with Crippen molar-refractivity contribution in [2.75, 3.05) is 33.4 Å². The second-order valence-corrected chi connectivity index (χ2v) is 4.85. The number of ether oxygens (including phenoxy) is 1. The van der Waals surface area contributed by atoms with Crippen LogP contribution in [0.5, 0.6) is 0 Å². The maximum Gasteiger partial charge on any atom is 0.0462 e. The lowest BCUT2D eigenvalue weighted by atomic mass is 9.87. The first-order valence-corrected chi connectivity index (χ1v) is 6.76. The van der Waals surface area contributed by atoms with Crippen LogP contribution in [-0.4, -0.2) is 44.3 Å². The first kappa shape index (κ1) is 13.9. The van der Waals surface area contributed by atoms with Crippen LogP contribution in [0.4, 0.5) is 0 Å². The van der Waals surface area contributed by atoms with E-state index in [1.54, 1.807) is 7.11 Å². The van der Waals surface area contributed by atoms with Gasteiger partial charge in [-0.25, -0.2) is 0 Å². The maximum atomic E-state index is 5.92. The van der Waals surface area contributed by atoms with E-state index in [0.29, 0.717) is 6.04 Å². The Morgan fingerprint density at radius 3 is 2.81 bits per heavy atom. The topological polar surface area (TPSA) is 38.5 Å². The van der Waals surface area contributed by atoms with Gasteiger partial charge in [0.1, 0.15) is 0 Å². The number of piperidine rings is 1. The molecular formula is C13H28N2O. The standard InChI is InChI=1S/C13H28N2O/c1-3-12-7-6-9-15(13(12)11-14)8-4-5-10-16-2/h12-13H,3-11,14H2,1-2H3. The average Bonchev–Trinajstić information content (AvgIpc) is 2.34. The zero-order valence-corrected chi connectivity index (χ0v) is 11.0. The van der Waals surface area contributed by atoms with E-state index in [2.05, 4.69) is 11.8 Å². The zero-order chi connectivity index (χ0) is 11.8. The SMILES string of the molecule is CCC1CCCN(CCCCOC)C1CN. The summed E-state index contributed by atoms with van der Waals surface area (Å²) in [5, 5.41) is 0. The Morgan fingerprint density at radius 1 is 1.38 bits per heavy atom. The third kappa shape index (κ3) is 4.04. The zero-order valence-electron chi connectivity index (χ0n) is 11.0. The van der Waals surface area contributed by atoms with Gasteiger partial charge in [0, 0.05) is 26.3 Å². The molecule has 1 aliphatic rings. The number of rotatable bonds is 7. The van der Waals surface area contributed by atoms with Gasteiger partial charge in [-0.2, -0.15) is 0 Å². The summed E-state index contributed by atoms with van der Waals surface area (Å²) in [6, 6.07) is 0.626. The predicted molar refractivity (Wildman–Crippen MR) is 68.5 cm³/mol. The van der Waals surface area contributed by atoms with Gasteiger partial charge in [0.05, 0.1) is 0 Å². The van der Waals surface area contributed by atoms with Gasteiger partial charge in [0.25, 0.3) is 0 Å². The van der Waals surface area contributed by atoms with E-state index in [1.807, 2.05) is 0 Å². The molecule has 0 aromatic carbocycles. The molecule has 2 atom stereocenters. The first-order chi connectivity index (χ1) is 7.83. The molecule has 2 N–H and O–H groups in total. The number of methoxy groups -OCH3 is 1. The largest absolute Gasteiger partial charge is 0.385 e. The van der Waals surface area contributed by atoms with Crippen LogP contribution in [0.25, 0.3) is 0 Å². The monoisotopic (exact) mass is 228 g/mol. The molecule has 16 heavy (non-hydrogen) atoms. The van der Waals surface area contributed by atoms with E-state index in [0.717, 1.165) is 19.1 Å². The molecule has 1 rings (SSSR count). The molecule has 0 amide bonds. The van der Waals surface area contributed by atoms with Crippen LogP contribution in [-0.2, 0) is 4.74 Å². The molecule has 3 heteroatoms. The predicted octanol–water partition coefficient (Wildman–Crippen LogP) is 1.86. The summed E-state index contributed by atoms with van der Waals surface area (Å²) in [7, 11) is 1.77. The van der Waals surface area contributed by atoms with Gasteiger partial charge in [-0.15, -0.1) is 0 Å². The lowest BCUT2D eigenvalue weighted by molar-refractivity contribution is 0.0900. The van der Waals surface area contributed by atoms with Gasteiger partial charge < -0.3 is 10.5 Å². The van der Waals surface area contributed by atoms with Gasteiger partial charge in [0.2, 0.25) is 0 Å². The average molecular weight is 228 g/mol. The molecule has 0 spiro atoms. The molecule has 96 valence electrons. The Balaban J connectivity index is 2.31. The molecule has 1 aliphatic heterocycles. The minimum absolute atomic E-state index is 0.626. The highest BCUT2D eigenvalue weighted by Crippen LogP contribution is 2.25.